The van der Waals surface area contributed by atoms with Crippen molar-refractivity contribution in [1.29, 1.82) is 0 Å². The van der Waals surface area contributed by atoms with Gasteiger partial charge < -0.3 is 10.2 Å². The Hall–Kier alpha value is -1.13. The highest BCUT2D eigenvalue weighted by atomic mass is 15.3. The zero-order valence-electron chi connectivity index (χ0n) is 13.4. The van der Waals surface area contributed by atoms with E-state index in [9.17, 15) is 0 Å². The van der Waals surface area contributed by atoms with Gasteiger partial charge in [0.25, 0.3) is 0 Å². The van der Waals surface area contributed by atoms with Crippen LogP contribution in [0.5, 0.6) is 0 Å². The van der Waals surface area contributed by atoms with Crippen LogP contribution in [0.1, 0.15) is 36.8 Å². The van der Waals surface area contributed by atoms with Crippen LogP contribution in [0.2, 0.25) is 0 Å². The minimum Gasteiger partial charge on any atom is -0.355 e. The Balaban J connectivity index is 1.65. The van der Waals surface area contributed by atoms with E-state index in [-0.39, 0.29) is 0 Å². The summed E-state index contributed by atoms with van der Waals surface area (Å²) >= 11 is 0. The molecule has 116 valence electrons. The fourth-order valence-electron chi connectivity index (χ4n) is 3.77. The Bertz CT molecular complexity index is 468. The molecule has 0 aliphatic carbocycles. The van der Waals surface area contributed by atoms with Gasteiger partial charge in [-0.05, 0) is 63.5 Å². The van der Waals surface area contributed by atoms with Crippen molar-refractivity contribution >= 4 is 5.82 Å². The smallest absolute Gasteiger partial charge is 0.131 e. The maximum absolute atomic E-state index is 4.73. The van der Waals surface area contributed by atoms with Gasteiger partial charge in [-0.1, -0.05) is 6.42 Å². The summed E-state index contributed by atoms with van der Waals surface area (Å²) < 4.78 is 0. The number of likely N-dealkylation sites (tertiary alicyclic amines) is 1. The molecule has 0 aromatic carbocycles. The molecule has 1 aromatic heterocycles. The SMILES string of the molecule is CNCc1cnc(N2CCC(N3CCCCC3)C2)c(C)c1. The van der Waals surface area contributed by atoms with Gasteiger partial charge in [-0.2, -0.15) is 0 Å². The minimum absolute atomic E-state index is 0.739. The largest absolute Gasteiger partial charge is 0.355 e. The maximum Gasteiger partial charge on any atom is 0.131 e. The number of anilines is 1. The number of hydrogen-bond acceptors (Lipinski definition) is 4. The number of rotatable bonds is 4. The predicted molar refractivity (Wildman–Crippen MR) is 87.8 cm³/mol. The summed E-state index contributed by atoms with van der Waals surface area (Å²) in [6.45, 7) is 7.98. The number of nitrogens with one attached hydrogen (secondary N) is 1. The molecule has 3 rings (SSSR count). The van der Waals surface area contributed by atoms with E-state index in [4.69, 9.17) is 4.98 Å². The Kier molecular flexibility index (Phi) is 4.76. The lowest BCUT2D eigenvalue weighted by Gasteiger charge is -2.32. The van der Waals surface area contributed by atoms with Gasteiger partial charge in [0.1, 0.15) is 5.82 Å². The molecule has 2 aliphatic rings. The summed E-state index contributed by atoms with van der Waals surface area (Å²) in [5.41, 5.74) is 2.58. The zero-order valence-corrected chi connectivity index (χ0v) is 13.4. The average Bonchev–Trinajstić information content (AvgIpc) is 2.98. The molecule has 4 nitrogen and oxygen atoms in total. The molecule has 1 aromatic rings. The Morgan fingerprint density at radius 3 is 2.76 bits per heavy atom. The molecule has 1 unspecified atom stereocenters. The summed E-state index contributed by atoms with van der Waals surface area (Å²) in [4.78, 5) is 9.91. The van der Waals surface area contributed by atoms with Crippen molar-refractivity contribution in [3.05, 3.63) is 23.4 Å². The molecule has 1 atom stereocenters. The third-order valence-electron chi connectivity index (χ3n) is 4.86. The van der Waals surface area contributed by atoms with E-state index in [2.05, 4.69) is 28.1 Å². The van der Waals surface area contributed by atoms with Gasteiger partial charge in [0.15, 0.2) is 0 Å². The first kappa shape index (κ1) is 14.8. The second kappa shape index (κ2) is 6.75. The van der Waals surface area contributed by atoms with Crippen molar-refractivity contribution in [1.82, 2.24) is 15.2 Å². The molecule has 2 saturated heterocycles. The van der Waals surface area contributed by atoms with Crippen molar-refractivity contribution in [3.8, 4) is 0 Å². The first-order chi connectivity index (χ1) is 10.3. The van der Waals surface area contributed by atoms with Crippen LogP contribution in [-0.2, 0) is 6.54 Å². The van der Waals surface area contributed by atoms with E-state index in [1.807, 2.05) is 13.2 Å². The molecular weight excluding hydrogens is 260 g/mol. The molecule has 0 radical (unpaired) electrons. The van der Waals surface area contributed by atoms with Crippen LogP contribution in [0, 0.1) is 6.92 Å². The van der Waals surface area contributed by atoms with Gasteiger partial charge in [-0.15, -0.1) is 0 Å². The number of pyridine rings is 1. The monoisotopic (exact) mass is 288 g/mol. The zero-order chi connectivity index (χ0) is 14.7. The molecule has 21 heavy (non-hydrogen) atoms. The van der Waals surface area contributed by atoms with Crippen LogP contribution in [0.25, 0.3) is 0 Å². The van der Waals surface area contributed by atoms with Crippen molar-refractivity contribution in [2.24, 2.45) is 0 Å². The molecule has 2 aliphatic heterocycles. The van der Waals surface area contributed by atoms with E-state index in [0.717, 1.165) is 25.7 Å². The highest BCUT2D eigenvalue weighted by Crippen LogP contribution is 2.26. The predicted octanol–water partition coefficient (Wildman–Crippen LogP) is 2.17. The third-order valence-corrected chi connectivity index (χ3v) is 4.86. The quantitative estimate of drug-likeness (QED) is 0.920. The fraction of sp³-hybridized carbons (Fsp3) is 0.706. The Morgan fingerprint density at radius 1 is 1.24 bits per heavy atom. The first-order valence-corrected chi connectivity index (χ1v) is 8.37. The first-order valence-electron chi connectivity index (χ1n) is 8.37. The summed E-state index contributed by atoms with van der Waals surface area (Å²) in [6.07, 6.45) is 7.49. The van der Waals surface area contributed by atoms with E-state index in [1.54, 1.807) is 0 Å². The standard InChI is InChI=1S/C17H28N4/c1-14-10-15(11-18-2)12-19-17(14)21-9-6-16(13-21)20-7-4-3-5-8-20/h10,12,16,18H,3-9,11,13H2,1-2H3. The number of nitrogens with zero attached hydrogens (tertiary/aromatic N) is 3. The van der Waals surface area contributed by atoms with Crippen molar-refractivity contribution in [3.63, 3.8) is 0 Å². The van der Waals surface area contributed by atoms with Gasteiger partial charge in [0, 0.05) is 31.9 Å². The molecule has 0 saturated carbocycles. The molecule has 3 heterocycles. The van der Waals surface area contributed by atoms with Crippen LogP contribution in [0.3, 0.4) is 0 Å². The van der Waals surface area contributed by atoms with E-state index < -0.39 is 0 Å². The van der Waals surface area contributed by atoms with E-state index >= 15 is 0 Å². The molecular formula is C17H28N4. The van der Waals surface area contributed by atoms with Gasteiger partial charge in [-0.25, -0.2) is 4.98 Å². The highest BCUT2D eigenvalue weighted by molar-refractivity contribution is 5.48. The minimum atomic E-state index is 0.739. The average molecular weight is 288 g/mol. The Morgan fingerprint density at radius 2 is 2.05 bits per heavy atom. The number of aromatic nitrogens is 1. The van der Waals surface area contributed by atoms with Gasteiger partial charge in [0.05, 0.1) is 0 Å². The molecule has 0 bridgehead atoms. The van der Waals surface area contributed by atoms with Crippen molar-refractivity contribution in [2.45, 2.75) is 45.2 Å². The lowest BCUT2D eigenvalue weighted by molar-refractivity contribution is 0.175. The highest BCUT2D eigenvalue weighted by Gasteiger charge is 2.29. The molecule has 4 heteroatoms. The van der Waals surface area contributed by atoms with Crippen LogP contribution in [0.15, 0.2) is 12.3 Å². The lowest BCUT2D eigenvalue weighted by Crippen LogP contribution is -2.41. The van der Waals surface area contributed by atoms with Gasteiger partial charge in [0.2, 0.25) is 0 Å². The lowest BCUT2D eigenvalue weighted by atomic mass is 10.1. The van der Waals surface area contributed by atoms with Crippen molar-refractivity contribution in [2.75, 3.05) is 38.1 Å². The molecule has 0 spiro atoms. The second-order valence-corrected chi connectivity index (χ2v) is 6.50. The van der Waals surface area contributed by atoms with Gasteiger partial charge >= 0.3 is 0 Å². The van der Waals surface area contributed by atoms with Gasteiger partial charge in [-0.3, -0.25) is 4.90 Å². The van der Waals surface area contributed by atoms with Crippen LogP contribution >= 0.6 is 0 Å². The molecule has 0 amide bonds. The van der Waals surface area contributed by atoms with E-state index in [0.29, 0.717) is 0 Å². The second-order valence-electron chi connectivity index (χ2n) is 6.50. The van der Waals surface area contributed by atoms with Crippen molar-refractivity contribution < 1.29 is 0 Å². The fourth-order valence-corrected chi connectivity index (χ4v) is 3.77. The topological polar surface area (TPSA) is 31.4 Å². The molecule has 2 fully saturated rings. The van der Waals surface area contributed by atoms with E-state index in [1.165, 1.54) is 55.7 Å². The number of aryl methyl sites for hydroxylation is 1. The van der Waals surface area contributed by atoms with Crippen LogP contribution in [-0.4, -0.2) is 49.2 Å². The maximum atomic E-state index is 4.73. The summed E-state index contributed by atoms with van der Waals surface area (Å²) in [5.74, 6) is 1.19. The molecule has 1 N–H and O–H groups in total. The number of piperidine rings is 1. The summed E-state index contributed by atoms with van der Waals surface area (Å²) in [7, 11) is 1.98. The van der Waals surface area contributed by atoms with Crippen LogP contribution < -0.4 is 10.2 Å². The normalized spacial score (nSPS) is 23.7. The third kappa shape index (κ3) is 3.38. The summed E-state index contributed by atoms with van der Waals surface area (Å²) in [5, 5.41) is 3.19. The van der Waals surface area contributed by atoms with Crippen LogP contribution in [0.4, 0.5) is 5.82 Å². The number of hydrogen-bond donors (Lipinski definition) is 1. The summed E-state index contributed by atoms with van der Waals surface area (Å²) in [6, 6.07) is 3.01. The Labute approximate surface area is 128 Å².